The fraction of sp³-hybridized carbons (Fsp3) is 0.353. The van der Waals surface area contributed by atoms with Gasteiger partial charge in [-0.05, 0) is 56.0 Å². The molecule has 0 spiro atoms. The molecule has 1 unspecified atom stereocenters. The van der Waals surface area contributed by atoms with Crippen LogP contribution in [0.1, 0.15) is 51.7 Å². The third-order valence-electron chi connectivity index (χ3n) is 8.14. The second-order valence-electron chi connectivity index (χ2n) is 11.0. The van der Waals surface area contributed by atoms with Crippen LogP contribution in [-0.2, 0) is 4.79 Å². The van der Waals surface area contributed by atoms with Gasteiger partial charge >= 0.3 is 0 Å². The molecule has 7 heteroatoms. The molecule has 1 fully saturated rings. The van der Waals surface area contributed by atoms with E-state index in [1.807, 2.05) is 31.3 Å². The van der Waals surface area contributed by atoms with Crippen molar-refractivity contribution in [1.29, 1.82) is 5.26 Å². The first-order valence-electron chi connectivity index (χ1n) is 14.3. The predicted molar refractivity (Wildman–Crippen MR) is 163 cm³/mol. The van der Waals surface area contributed by atoms with Crippen LogP contribution < -0.4 is 4.74 Å². The number of carbonyl (C=O) groups is 1. The maximum atomic E-state index is 12.6. The molecule has 1 aromatic carbocycles. The zero-order chi connectivity index (χ0) is 29.1. The highest BCUT2D eigenvalue weighted by atomic mass is 16.5. The normalized spacial score (nSPS) is 24.3. The first-order valence-corrected chi connectivity index (χ1v) is 14.3. The molecule has 0 radical (unpaired) electrons. The molecule has 41 heavy (non-hydrogen) atoms. The number of fused-ring (bicyclic) bond motifs is 1. The maximum Gasteiger partial charge on any atom is 0.222 e. The van der Waals surface area contributed by atoms with Gasteiger partial charge in [-0.1, -0.05) is 44.2 Å². The van der Waals surface area contributed by atoms with Crippen molar-refractivity contribution in [2.75, 3.05) is 20.2 Å². The van der Waals surface area contributed by atoms with Crippen molar-refractivity contribution in [3.05, 3.63) is 83.9 Å². The highest BCUT2D eigenvalue weighted by Gasteiger charge is 2.33. The standard InChI is InChI=1S/C34H37N5O2/c1-6-31(40)39-23(3)20-38(21-24(39)4)30-15-14-26(9-7-8-22(30)2)29-19-37-33-28(34(29)41-5)16-17-36-32(33)27-12-10-25(18-35)11-13-27/h7,9-17,19,22-24H,6,8,20-21H2,1-5H3/b9-7+,26-14+,30-15+/t22?,23-,24+. The smallest absolute Gasteiger partial charge is 0.222 e. The lowest BCUT2D eigenvalue weighted by Crippen LogP contribution is -2.58. The molecule has 5 rings (SSSR count). The second kappa shape index (κ2) is 12.0. The van der Waals surface area contributed by atoms with Gasteiger partial charge in [0.15, 0.2) is 0 Å². The van der Waals surface area contributed by atoms with Gasteiger partial charge in [-0.3, -0.25) is 14.8 Å². The molecule has 0 bridgehead atoms. The van der Waals surface area contributed by atoms with Crippen molar-refractivity contribution in [3.8, 4) is 23.1 Å². The first-order chi connectivity index (χ1) is 19.9. The van der Waals surface area contributed by atoms with Gasteiger partial charge in [-0.25, -0.2) is 0 Å². The first kappa shape index (κ1) is 28.1. The third kappa shape index (κ3) is 5.47. The van der Waals surface area contributed by atoms with Crippen LogP contribution in [0.4, 0.5) is 0 Å². The minimum absolute atomic E-state index is 0.160. The van der Waals surface area contributed by atoms with Crippen LogP contribution in [0.15, 0.2) is 72.7 Å². The van der Waals surface area contributed by atoms with E-state index in [-0.39, 0.29) is 18.0 Å². The van der Waals surface area contributed by atoms with Crippen molar-refractivity contribution >= 4 is 22.4 Å². The summed E-state index contributed by atoms with van der Waals surface area (Å²) in [5.74, 6) is 1.33. The molecule has 0 N–H and O–H groups in total. The molecule has 1 saturated heterocycles. The van der Waals surface area contributed by atoms with E-state index in [4.69, 9.17) is 9.72 Å². The number of ether oxygens (including phenoxy) is 1. The van der Waals surface area contributed by atoms with Crippen LogP contribution in [0.3, 0.4) is 0 Å². The summed E-state index contributed by atoms with van der Waals surface area (Å²) in [4.78, 5) is 26.5. The van der Waals surface area contributed by atoms with Crippen LogP contribution in [0.25, 0.3) is 27.7 Å². The molecule has 2 aromatic heterocycles. The largest absolute Gasteiger partial charge is 0.495 e. The van der Waals surface area contributed by atoms with E-state index in [0.717, 1.165) is 58.6 Å². The molecule has 7 nitrogen and oxygen atoms in total. The quantitative estimate of drug-likeness (QED) is 0.369. The Morgan fingerprint density at radius 3 is 2.46 bits per heavy atom. The Kier molecular flexibility index (Phi) is 8.21. The SMILES string of the molecule is CCC(=O)N1[C@H](C)CN(/C2=C/C=C(c3cnc4c(-c5ccc(C#N)cc5)nccc4c3OC)\C=C\CC2C)C[C@@H]1C. The van der Waals surface area contributed by atoms with Crippen molar-refractivity contribution in [2.45, 2.75) is 52.6 Å². The number of allylic oxidation sites excluding steroid dienone is 6. The molecule has 210 valence electrons. The number of aromatic nitrogens is 2. The van der Waals surface area contributed by atoms with Gasteiger partial charge in [-0.2, -0.15) is 5.26 Å². The van der Waals surface area contributed by atoms with Gasteiger partial charge in [0.1, 0.15) is 11.3 Å². The number of piperazine rings is 1. The molecule has 1 amide bonds. The van der Waals surface area contributed by atoms with Crippen LogP contribution in [0.5, 0.6) is 5.75 Å². The minimum Gasteiger partial charge on any atom is -0.495 e. The Morgan fingerprint density at radius 2 is 1.80 bits per heavy atom. The van der Waals surface area contributed by atoms with E-state index in [2.05, 4.69) is 65.9 Å². The fourth-order valence-corrected chi connectivity index (χ4v) is 6.16. The van der Waals surface area contributed by atoms with E-state index in [0.29, 0.717) is 17.9 Å². The lowest BCUT2D eigenvalue weighted by Gasteiger charge is -2.47. The Morgan fingerprint density at radius 1 is 1.07 bits per heavy atom. The number of hydrogen-bond acceptors (Lipinski definition) is 6. The fourth-order valence-electron chi connectivity index (χ4n) is 6.16. The molecule has 0 saturated carbocycles. The molecule has 2 aliphatic rings. The number of nitriles is 1. The molecule has 1 aliphatic heterocycles. The van der Waals surface area contributed by atoms with E-state index in [9.17, 15) is 10.1 Å². The summed E-state index contributed by atoms with van der Waals surface area (Å²) >= 11 is 0. The van der Waals surface area contributed by atoms with Crippen molar-refractivity contribution in [1.82, 2.24) is 19.8 Å². The number of hydrogen-bond donors (Lipinski definition) is 0. The van der Waals surface area contributed by atoms with Gasteiger partial charge < -0.3 is 14.5 Å². The second-order valence-corrected chi connectivity index (χ2v) is 11.0. The summed E-state index contributed by atoms with van der Waals surface area (Å²) in [6.45, 7) is 10.2. The van der Waals surface area contributed by atoms with Crippen molar-refractivity contribution in [3.63, 3.8) is 0 Å². The van der Waals surface area contributed by atoms with Gasteiger partial charge in [-0.15, -0.1) is 0 Å². The number of pyridine rings is 2. The Hall–Kier alpha value is -4.44. The number of benzene rings is 1. The molecule has 1 aliphatic carbocycles. The van der Waals surface area contributed by atoms with Gasteiger partial charge in [0.2, 0.25) is 5.91 Å². The number of amides is 1. The molecule has 3 aromatic rings. The minimum atomic E-state index is 0.160. The van der Waals surface area contributed by atoms with E-state index < -0.39 is 0 Å². The lowest BCUT2D eigenvalue weighted by molar-refractivity contribution is -0.138. The van der Waals surface area contributed by atoms with E-state index >= 15 is 0 Å². The number of methoxy groups -OCH3 is 1. The predicted octanol–water partition coefficient (Wildman–Crippen LogP) is 6.37. The summed E-state index contributed by atoms with van der Waals surface area (Å²) in [6, 6.07) is 11.8. The van der Waals surface area contributed by atoms with Crippen LogP contribution in [-0.4, -0.2) is 58.0 Å². The Balaban J connectivity index is 1.52. The topological polar surface area (TPSA) is 82.4 Å². The van der Waals surface area contributed by atoms with E-state index in [1.54, 1.807) is 25.4 Å². The Bertz CT molecular complexity index is 1570. The van der Waals surface area contributed by atoms with Crippen LogP contribution in [0, 0.1) is 17.2 Å². The van der Waals surface area contributed by atoms with Gasteiger partial charge in [0.25, 0.3) is 0 Å². The zero-order valence-electron chi connectivity index (χ0n) is 24.5. The number of nitrogens with zero attached hydrogens (tertiary/aromatic N) is 5. The van der Waals surface area contributed by atoms with Crippen LogP contribution in [0.2, 0.25) is 0 Å². The molecular weight excluding hydrogens is 510 g/mol. The zero-order valence-corrected chi connectivity index (χ0v) is 24.5. The summed E-state index contributed by atoms with van der Waals surface area (Å²) in [7, 11) is 1.69. The van der Waals surface area contributed by atoms with Crippen molar-refractivity contribution in [2.24, 2.45) is 5.92 Å². The van der Waals surface area contributed by atoms with Crippen LogP contribution >= 0.6 is 0 Å². The Labute approximate surface area is 242 Å². The van der Waals surface area contributed by atoms with Crippen molar-refractivity contribution < 1.29 is 9.53 Å². The summed E-state index contributed by atoms with van der Waals surface area (Å²) < 4.78 is 5.99. The number of rotatable bonds is 5. The highest BCUT2D eigenvalue weighted by Crippen LogP contribution is 2.37. The van der Waals surface area contributed by atoms with E-state index in [1.165, 1.54) is 5.70 Å². The lowest BCUT2D eigenvalue weighted by atomic mass is 9.94. The molecule has 3 atom stereocenters. The van der Waals surface area contributed by atoms with Gasteiger partial charge in [0, 0.05) is 66.2 Å². The third-order valence-corrected chi connectivity index (χ3v) is 8.14. The summed E-state index contributed by atoms with van der Waals surface area (Å²) in [6.07, 6.45) is 13.9. The average molecular weight is 548 g/mol. The summed E-state index contributed by atoms with van der Waals surface area (Å²) in [5.41, 5.74) is 6.23. The molecule has 3 heterocycles. The average Bonchev–Trinajstić information content (AvgIpc) is 2.97. The summed E-state index contributed by atoms with van der Waals surface area (Å²) in [5, 5.41) is 10.1. The monoisotopic (exact) mass is 547 g/mol. The maximum absolute atomic E-state index is 12.6. The van der Waals surface area contributed by atoms with Gasteiger partial charge in [0.05, 0.1) is 24.4 Å². The highest BCUT2D eigenvalue weighted by molar-refractivity contribution is 5.98. The number of carbonyl (C=O) groups excluding carboxylic acids is 1. The molecular formula is C34H37N5O2.